The van der Waals surface area contributed by atoms with Crippen molar-refractivity contribution in [1.29, 1.82) is 0 Å². The van der Waals surface area contributed by atoms with Gasteiger partial charge in [0, 0.05) is 37.4 Å². The summed E-state index contributed by atoms with van der Waals surface area (Å²) in [5.74, 6) is -0.395. The lowest BCUT2D eigenvalue weighted by atomic mass is 10.1. The number of benzene rings is 2. The lowest BCUT2D eigenvalue weighted by Crippen LogP contribution is -2.52. The van der Waals surface area contributed by atoms with E-state index in [1.807, 2.05) is 35.2 Å². The van der Waals surface area contributed by atoms with Crippen molar-refractivity contribution in [3.8, 4) is 0 Å². The summed E-state index contributed by atoms with van der Waals surface area (Å²) in [4.78, 5) is 57.6. The Kier molecular flexibility index (Phi) is 9.68. The number of piperazine rings is 1. The first kappa shape index (κ1) is 28.6. The fourth-order valence-electron chi connectivity index (χ4n) is 4.45. The van der Waals surface area contributed by atoms with Crippen molar-refractivity contribution in [2.45, 2.75) is 26.1 Å². The van der Waals surface area contributed by atoms with Crippen molar-refractivity contribution >= 4 is 35.6 Å². The Bertz CT molecular complexity index is 1240. The van der Waals surface area contributed by atoms with Crippen LogP contribution in [0, 0.1) is 0 Å². The molecule has 0 radical (unpaired) electrons. The zero-order valence-electron chi connectivity index (χ0n) is 22.4. The van der Waals surface area contributed by atoms with Gasteiger partial charge in [0.15, 0.2) is 0 Å². The van der Waals surface area contributed by atoms with Crippen molar-refractivity contribution in [3.05, 3.63) is 65.7 Å². The number of hydrogen-bond donors (Lipinski definition) is 1. The van der Waals surface area contributed by atoms with Gasteiger partial charge in [-0.05, 0) is 36.8 Å². The van der Waals surface area contributed by atoms with Gasteiger partial charge in [-0.1, -0.05) is 30.3 Å². The highest BCUT2D eigenvalue weighted by molar-refractivity contribution is 6.03. The van der Waals surface area contributed by atoms with Crippen LogP contribution in [0.2, 0.25) is 0 Å². The number of amidine groups is 1. The zero-order valence-corrected chi connectivity index (χ0v) is 22.4. The molecule has 0 aromatic heterocycles. The molecule has 2 N–H and O–H groups in total. The van der Waals surface area contributed by atoms with Crippen molar-refractivity contribution in [2.75, 3.05) is 50.8 Å². The fraction of sp³-hybridized carbons (Fsp3) is 0.393. The number of carbonyl (C=O) groups is 4. The summed E-state index contributed by atoms with van der Waals surface area (Å²) in [6.07, 6.45) is -1.52. The smallest absolute Gasteiger partial charge is 0.435 e. The Labute approximate surface area is 232 Å². The summed E-state index contributed by atoms with van der Waals surface area (Å²) in [5, 5.41) is 0. The van der Waals surface area contributed by atoms with Crippen molar-refractivity contribution < 1.29 is 33.4 Å². The highest BCUT2D eigenvalue weighted by atomic mass is 16.6. The molecule has 12 heteroatoms. The van der Waals surface area contributed by atoms with E-state index in [2.05, 4.69) is 4.99 Å². The van der Waals surface area contributed by atoms with Crippen LogP contribution < -0.4 is 10.6 Å². The fourth-order valence-corrected chi connectivity index (χ4v) is 4.45. The minimum atomic E-state index is -0.797. The number of nitrogens with zero attached hydrogens (tertiary/aromatic N) is 4. The molecule has 0 saturated carbocycles. The maximum absolute atomic E-state index is 12.6. The van der Waals surface area contributed by atoms with E-state index in [4.69, 9.17) is 19.9 Å². The van der Waals surface area contributed by atoms with Crippen LogP contribution in [0.3, 0.4) is 0 Å². The molecule has 2 fully saturated rings. The number of esters is 1. The SMILES string of the molecule is CCOC(=O)CCN1CCN(CC2CN(c3ccc(C(N)=NC(=O)OCc4ccccc4)cc3)C(=O)O2)CC1=O. The number of anilines is 1. The van der Waals surface area contributed by atoms with Gasteiger partial charge >= 0.3 is 18.2 Å². The van der Waals surface area contributed by atoms with Gasteiger partial charge in [-0.15, -0.1) is 0 Å². The minimum absolute atomic E-state index is 0.00227. The largest absolute Gasteiger partial charge is 0.466 e. The molecule has 2 aromatic carbocycles. The van der Waals surface area contributed by atoms with E-state index < -0.39 is 18.3 Å². The molecular formula is C28H33N5O7. The first-order chi connectivity index (χ1) is 19.3. The minimum Gasteiger partial charge on any atom is -0.466 e. The normalized spacial score (nSPS) is 18.0. The summed E-state index contributed by atoms with van der Waals surface area (Å²) < 4.78 is 15.6. The molecule has 2 aromatic rings. The van der Waals surface area contributed by atoms with Crippen LogP contribution in [0.15, 0.2) is 59.6 Å². The van der Waals surface area contributed by atoms with Gasteiger partial charge in [-0.2, -0.15) is 4.99 Å². The summed E-state index contributed by atoms with van der Waals surface area (Å²) >= 11 is 0. The Morgan fingerprint density at radius 3 is 2.50 bits per heavy atom. The second-order valence-corrected chi connectivity index (χ2v) is 9.37. The standard InChI is InChI=1S/C28H33N5O7/c1-2-38-25(35)12-13-32-15-14-31(18-24(32)34)16-23-17-33(28(37)40-23)22-10-8-21(9-11-22)26(29)30-27(36)39-19-20-6-4-3-5-7-20/h3-11,23H,2,12-19H2,1H3,(H2,29,30,36). The molecule has 0 aliphatic carbocycles. The topological polar surface area (TPSA) is 144 Å². The molecule has 2 aliphatic rings. The monoisotopic (exact) mass is 551 g/mol. The third-order valence-electron chi connectivity index (χ3n) is 6.52. The molecule has 12 nitrogen and oxygen atoms in total. The van der Waals surface area contributed by atoms with E-state index in [0.29, 0.717) is 50.6 Å². The molecule has 1 unspecified atom stereocenters. The number of ether oxygens (including phenoxy) is 3. The molecule has 0 spiro atoms. The Hall–Kier alpha value is -4.45. The van der Waals surface area contributed by atoms with E-state index in [-0.39, 0.29) is 37.3 Å². The van der Waals surface area contributed by atoms with E-state index in [1.54, 1.807) is 36.1 Å². The van der Waals surface area contributed by atoms with Crippen LogP contribution in [0.5, 0.6) is 0 Å². The molecular weight excluding hydrogens is 518 g/mol. The van der Waals surface area contributed by atoms with Crippen LogP contribution in [0.25, 0.3) is 0 Å². The van der Waals surface area contributed by atoms with E-state index >= 15 is 0 Å². The molecule has 3 amide bonds. The first-order valence-electron chi connectivity index (χ1n) is 13.1. The summed E-state index contributed by atoms with van der Waals surface area (Å²) in [6, 6.07) is 16.0. The second kappa shape index (κ2) is 13.6. The molecule has 4 rings (SSSR count). The van der Waals surface area contributed by atoms with Crippen LogP contribution in [-0.2, 0) is 30.4 Å². The number of nitrogens with two attached hydrogens (primary N) is 1. The quantitative estimate of drug-likeness (QED) is 0.203. The van der Waals surface area contributed by atoms with Gasteiger partial charge in [0.05, 0.1) is 26.1 Å². The summed E-state index contributed by atoms with van der Waals surface area (Å²) in [5.41, 5.74) is 7.92. The van der Waals surface area contributed by atoms with Gasteiger partial charge in [-0.25, -0.2) is 9.59 Å². The Morgan fingerprint density at radius 2 is 1.80 bits per heavy atom. The van der Waals surface area contributed by atoms with Crippen LogP contribution >= 0.6 is 0 Å². The Balaban J connectivity index is 1.25. The summed E-state index contributed by atoms with van der Waals surface area (Å²) in [6.45, 7) is 4.52. The molecule has 2 saturated heterocycles. The highest BCUT2D eigenvalue weighted by Crippen LogP contribution is 2.23. The average Bonchev–Trinajstić information content (AvgIpc) is 3.31. The van der Waals surface area contributed by atoms with Crippen LogP contribution in [0.4, 0.5) is 15.3 Å². The molecule has 0 bridgehead atoms. The highest BCUT2D eigenvalue weighted by Gasteiger charge is 2.35. The first-order valence-corrected chi connectivity index (χ1v) is 13.1. The van der Waals surface area contributed by atoms with Gasteiger partial charge in [0.1, 0.15) is 18.5 Å². The number of cyclic esters (lactones) is 1. The van der Waals surface area contributed by atoms with E-state index in [9.17, 15) is 19.2 Å². The molecule has 1 atom stereocenters. The van der Waals surface area contributed by atoms with Gasteiger partial charge in [-0.3, -0.25) is 19.4 Å². The third-order valence-corrected chi connectivity index (χ3v) is 6.52. The van der Waals surface area contributed by atoms with E-state index in [0.717, 1.165) is 5.56 Å². The number of hydrogen-bond acceptors (Lipinski definition) is 8. The predicted molar refractivity (Wildman–Crippen MR) is 146 cm³/mol. The molecule has 212 valence electrons. The van der Waals surface area contributed by atoms with Gasteiger partial charge in [0.2, 0.25) is 5.91 Å². The third kappa shape index (κ3) is 7.79. The average molecular weight is 552 g/mol. The van der Waals surface area contributed by atoms with Gasteiger partial charge < -0.3 is 24.8 Å². The predicted octanol–water partition coefficient (Wildman–Crippen LogP) is 2.15. The number of aliphatic imine (C=N–C) groups is 1. The van der Waals surface area contributed by atoms with E-state index in [1.165, 1.54) is 4.90 Å². The van der Waals surface area contributed by atoms with Crippen molar-refractivity contribution in [1.82, 2.24) is 9.80 Å². The summed E-state index contributed by atoms with van der Waals surface area (Å²) in [7, 11) is 0. The number of rotatable bonds is 10. The Morgan fingerprint density at radius 1 is 1.05 bits per heavy atom. The maximum atomic E-state index is 12.6. The second-order valence-electron chi connectivity index (χ2n) is 9.37. The maximum Gasteiger partial charge on any atom is 0.435 e. The lowest BCUT2D eigenvalue weighted by Gasteiger charge is -2.34. The molecule has 2 aliphatic heterocycles. The van der Waals surface area contributed by atoms with Crippen molar-refractivity contribution in [2.24, 2.45) is 10.7 Å². The number of carbonyl (C=O) groups excluding carboxylic acids is 4. The number of amides is 3. The molecule has 2 heterocycles. The van der Waals surface area contributed by atoms with Gasteiger partial charge in [0.25, 0.3) is 0 Å². The molecule has 40 heavy (non-hydrogen) atoms. The van der Waals surface area contributed by atoms with Crippen molar-refractivity contribution in [3.63, 3.8) is 0 Å². The van der Waals surface area contributed by atoms with Crippen LogP contribution in [0.1, 0.15) is 24.5 Å². The zero-order chi connectivity index (χ0) is 28.5. The van der Waals surface area contributed by atoms with Crippen LogP contribution in [-0.4, -0.2) is 91.7 Å². The lowest BCUT2D eigenvalue weighted by molar-refractivity contribution is -0.144.